The van der Waals surface area contributed by atoms with Gasteiger partial charge in [-0.3, -0.25) is 19.6 Å². The van der Waals surface area contributed by atoms with Crippen molar-refractivity contribution in [3.8, 4) is 0 Å². The molecule has 2 amide bonds. The van der Waals surface area contributed by atoms with Crippen LogP contribution < -0.4 is 9.80 Å². The number of pyridine rings is 2. The summed E-state index contributed by atoms with van der Waals surface area (Å²) in [6.45, 7) is 7.43. The van der Waals surface area contributed by atoms with Gasteiger partial charge in [-0.1, -0.05) is 37.0 Å². The molecule has 348 valence electrons. The average Bonchev–Trinajstić information content (AvgIpc) is 3.93. The molecule has 4 aliphatic heterocycles. The van der Waals surface area contributed by atoms with Crippen LogP contribution in [-0.2, 0) is 48.1 Å². The van der Waals surface area contributed by atoms with Gasteiger partial charge in [0.05, 0.1) is 24.1 Å². The zero-order valence-electron chi connectivity index (χ0n) is 35.8. The number of alkyl halides is 6. The van der Waals surface area contributed by atoms with Gasteiger partial charge in [-0.15, -0.1) is 20.4 Å². The first-order valence-electron chi connectivity index (χ1n) is 21.6. The van der Waals surface area contributed by atoms with Gasteiger partial charge in [0.25, 0.3) is 0 Å². The molecule has 0 bridgehead atoms. The lowest BCUT2D eigenvalue weighted by molar-refractivity contribution is -0.149. The summed E-state index contributed by atoms with van der Waals surface area (Å²) >= 11 is 12.4. The Morgan fingerprint density at radius 3 is 1.36 bits per heavy atom. The van der Waals surface area contributed by atoms with E-state index < -0.39 is 24.0 Å². The Morgan fingerprint density at radius 1 is 0.576 bits per heavy atom. The van der Waals surface area contributed by atoms with Crippen molar-refractivity contribution in [2.45, 2.75) is 65.2 Å². The molecule has 14 nitrogen and oxygen atoms in total. The summed E-state index contributed by atoms with van der Waals surface area (Å²) in [7, 11) is 0. The van der Waals surface area contributed by atoms with Gasteiger partial charge in [0.1, 0.15) is 0 Å². The van der Waals surface area contributed by atoms with Gasteiger partial charge in [0.2, 0.25) is 23.5 Å². The number of piperidine rings is 2. The Hall–Kier alpha value is -5.76. The summed E-state index contributed by atoms with van der Waals surface area (Å²) in [6.07, 6.45) is -4.26. The maximum Gasteiger partial charge on any atom is 0.451 e. The molecule has 4 aromatic heterocycles. The van der Waals surface area contributed by atoms with Crippen molar-refractivity contribution >= 4 is 68.2 Å². The van der Waals surface area contributed by atoms with Crippen LogP contribution in [0.4, 0.5) is 37.7 Å². The van der Waals surface area contributed by atoms with Gasteiger partial charge in [0, 0.05) is 109 Å². The van der Waals surface area contributed by atoms with E-state index in [1.54, 1.807) is 22.2 Å². The Morgan fingerprint density at radius 2 is 0.985 bits per heavy atom. The number of anilines is 2. The number of nitrogens with zero attached hydrogens (tertiary/aromatic N) is 12. The van der Waals surface area contributed by atoms with Crippen molar-refractivity contribution in [2.75, 3.05) is 49.1 Å². The van der Waals surface area contributed by atoms with E-state index in [-0.39, 0.29) is 86.4 Å². The maximum absolute atomic E-state index is 13.3. The molecule has 0 N–H and O–H groups in total. The molecule has 2 saturated heterocycles. The van der Waals surface area contributed by atoms with E-state index in [0.29, 0.717) is 49.1 Å². The zero-order valence-corrected chi connectivity index (χ0v) is 37.3. The third-order valence-corrected chi connectivity index (χ3v) is 13.6. The minimum absolute atomic E-state index is 0.0346. The summed E-state index contributed by atoms with van der Waals surface area (Å²) in [5.41, 5.74) is 3.79. The summed E-state index contributed by atoms with van der Waals surface area (Å²) in [5, 5.41) is 17.2. The van der Waals surface area contributed by atoms with Crippen LogP contribution in [0.25, 0.3) is 21.8 Å². The highest BCUT2D eigenvalue weighted by Gasteiger charge is 2.43. The van der Waals surface area contributed by atoms with Crippen LogP contribution in [-0.4, -0.2) is 100 Å². The summed E-state index contributed by atoms with van der Waals surface area (Å²) in [5.74, 6) is -1.99. The molecular weight excluding hydrogens is 913 g/mol. The Labute approximate surface area is 384 Å². The molecule has 10 rings (SSSR count). The number of fused-ring (bicyclic) bond motifs is 4. The molecule has 4 aliphatic rings. The molecule has 66 heavy (non-hydrogen) atoms. The van der Waals surface area contributed by atoms with E-state index in [9.17, 15) is 35.9 Å². The minimum atomic E-state index is -4.56. The van der Waals surface area contributed by atoms with E-state index in [1.807, 2.05) is 62.4 Å². The second-order valence-corrected chi connectivity index (χ2v) is 18.2. The van der Waals surface area contributed by atoms with E-state index in [2.05, 4.69) is 40.2 Å². The number of carbonyl (C=O) groups excluding carboxylic acids is 2. The molecular formula is C44H44Cl2F6N12O2. The van der Waals surface area contributed by atoms with Crippen LogP contribution in [0.3, 0.4) is 0 Å². The molecule has 0 spiro atoms. The lowest BCUT2D eigenvalue weighted by Gasteiger charge is -2.40. The monoisotopic (exact) mass is 956 g/mol. The fourth-order valence-electron chi connectivity index (χ4n) is 9.80. The molecule has 8 heterocycles. The van der Waals surface area contributed by atoms with Gasteiger partial charge in [-0.2, -0.15) is 26.3 Å². The maximum atomic E-state index is 13.3. The van der Waals surface area contributed by atoms with Gasteiger partial charge < -0.3 is 28.7 Å². The minimum Gasteiger partial charge on any atom is -0.371 e. The van der Waals surface area contributed by atoms with Crippen LogP contribution in [0.1, 0.15) is 50.0 Å². The second-order valence-electron chi connectivity index (χ2n) is 17.3. The molecule has 6 aromatic rings. The quantitative estimate of drug-likeness (QED) is 0.160. The zero-order chi connectivity index (χ0) is 46.7. The fourth-order valence-corrected chi connectivity index (χ4v) is 10.1. The first kappa shape index (κ1) is 45.4. The third kappa shape index (κ3) is 8.92. The van der Waals surface area contributed by atoms with E-state index in [0.717, 1.165) is 42.3 Å². The average molecular weight is 958 g/mol. The molecule has 4 atom stereocenters. The second kappa shape index (κ2) is 17.8. The van der Waals surface area contributed by atoms with Gasteiger partial charge in [0.15, 0.2) is 11.6 Å². The van der Waals surface area contributed by atoms with Gasteiger partial charge in [-0.05, 0) is 73.2 Å². The van der Waals surface area contributed by atoms with E-state index in [4.69, 9.17) is 23.2 Å². The Balaban J connectivity index is 0.000000166. The largest absolute Gasteiger partial charge is 0.451 e. The normalized spacial score (nSPS) is 21.4. The highest BCUT2D eigenvalue weighted by atomic mass is 35.5. The van der Waals surface area contributed by atoms with E-state index >= 15 is 0 Å². The lowest BCUT2D eigenvalue weighted by atomic mass is 9.85. The number of benzene rings is 2. The number of halogens is 8. The number of aromatic nitrogens is 8. The van der Waals surface area contributed by atoms with Crippen molar-refractivity contribution in [1.29, 1.82) is 0 Å². The van der Waals surface area contributed by atoms with Crippen molar-refractivity contribution in [3.05, 3.63) is 94.3 Å². The van der Waals surface area contributed by atoms with Crippen LogP contribution in [0.15, 0.2) is 60.9 Å². The van der Waals surface area contributed by atoms with E-state index in [1.165, 1.54) is 0 Å². The standard InChI is InChI=1S/2C22H22ClF3N6O/c2*1-13-11-30(18-4-6-27-17-3-2-14(23)10-16(17)18)7-5-15(13)20(33)31-8-9-32-19(12-31)28-29-21(32)22(24,25)26/h2*2-4,6,10,13,15H,5,7-9,11-12H2,1H3/t2*13-,15+/m10/s1. The molecule has 22 heteroatoms. The van der Waals surface area contributed by atoms with Crippen molar-refractivity contribution in [1.82, 2.24) is 49.3 Å². The predicted octanol–water partition coefficient (Wildman–Crippen LogP) is 8.01. The number of amides is 2. The number of hydrogen-bond donors (Lipinski definition) is 0. The lowest BCUT2D eigenvalue weighted by Crippen LogP contribution is -2.49. The number of rotatable bonds is 4. The van der Waals surface area contributed by atoms with Crippen LogP contribution in [0, 0.1) is 23.7 Å². The highest BCUT2D eigenvalue weighted by Crippen LogP contribution is 2.37. The summed E-state index contributed by atoms with van der Waals surface area (Å²) in [4.78, 5) is 43.1. The molecule has 0 radical (unpaired) electrons. The molecule has 0 unspecified atom stereocenters. The summed E-state index contributed by atoms with van der Waals surface area (Å²) in [6, 6.07) is 15.1. The molecule has 0 saturated carbocycles. The third-order valence-electron chi connectivity index (χ3n) is 13.1. The van der Waals surface area contributed by atoms with Crippen molar-refractivity contribution in [2.24, 2.45) is 23.7 Å². The molecule has 0 aliphatic carbocycles. The van der Waals surface area contributed by atoms with Gasteiger partial charge >= 0.3 is 12.4 Å². The highest BCUT2D eigenvalue weighted by molar-refractivity contribution is 6.31. The van der Waals surface area contributed by atoms with Crippen LogP contribution >= 0.6 is 23.2 Å². The topological polar surface area (TPSA) is 134 Å². The molecule has 2 aromatic carbocycles. The van der Waals surface area contributed by atoms with Crippen LogP contribution in [0.5, 0.6) is 0 Å². The first-order valence-corrected chi connectivity index (χ1v) is 22.3. The van der Waals surface area contributed by atoms with Crippen molar-refractivity contribution < 1.29 is 35.9 Å². The van der Waals surface area contributed by atoms with Crippen LogP contribution in [0.2, 0.25) is 10.0 Å². The Kier molecular flexibility index (Phi) is 12.2. The number of carbonyl (C=O) groups is 2. The predicted molar refractivity (Wildman–Crippen MR) is 233 cm³/mol. The Bertz CT molecular complexity index is 2610. The summed E-state index contributed by atoms with van der Waals surface area (Å²) < 4.78 is 80.6. The first-order chi connectivity index (χ1) is 31.4. The smallest absolute Gasteiger partial charge is 0.371 e. The number of hydrogen-bond acceptors (Lipinski definition) is 10. The molecule has 2 fully saturated rings. The fraction of sp³-hybridized carbons (Fsp3) is 0.455. The van der Waals surface area contributed by atoms with Gasteiger partial charge in [-0.25, -0.2) is 0 Å². The van der Waals surface area contributed by atoms with Crippen molar-refractivity contribution in [3.63, 3.8) is 0 Å². The SMILES string of the molecule is C[C@@H]1CN(c2ccnc3ccc(Cl)cc23)CC[C@@H]1C(=O)N1CCn2c(nnc2C(F)(F)F)C1.C[C@H]1CN(c2ccnc3ccc(Cl)cc23)CC[C@H]1C(=O)N1CCn2c(nnc2C(F)(F)F)C1.